The summed E-state index contributed by atoms with van der Waals surface area (Å²) in [5.74, 6) is 1.98. The van der Waals surface area contributed by atoms with Gasteiger partial charge in [-0.15, -0.1) is 0 Å². The zero-order valence-electron chi connectivity index (χ0n) is 16.0. The molecule has 0 aromatic heterocycles. The molecule has 30 heavy (non-hydrogen) atoms. The lowest BCUT2D eigenvalue weighted by atomic mass is 9.78. The van der Waals surface area contributed by atoms with Gasteiger partial charge in [-0.2, -0.15) is 0 Å². The minimum atomic E-state index is -0.0963. The molecule has 1 aliphatic heterocycles. The van der Waals surface area contributed by atoms with Crippen molar-refractivity contribution in [2.45, 2.75) is 5.92 Å². The number of hydrogen-bond acceptors (Lipinski definition) is 3. The van der Waals surface area contributed by atoms with E-state index in [2.05, 4.69) is 12.1 Å². The van der Waals surface area contributed by atoms with Gasteiger partial charge in [0.25, 0.3) is 0 Å². The van der Waals surface area contributed by atoms with Gasteiger partial charge >= 0.3 is 0 Å². The fourth-order valence-corrected chi connectivity index (χ4v) is 4.70. The summed E-state index contributed by atoms with van der Waals surface area (Å²) in [5.41, 5.74) is 3.19. The topological polar surface area (TPSA) is 49.7 Å². The Morgan fingerprint density at radius 1 is 0.500 bits per heavy atom. The number of fused-ring (bicyclic) bond motifs is 6. The Hall–Kier alpha value is -3.98. The molecule has 3 heteroatoms. The highest BCUT2D eigenvalue weighted by Crippen LogP contribution is 2.53. The van der Waals surface area contributed by atoms with Crippen LogP contribution >= 0.6 is 0 Å². The average Bonchev–Trinajstić information content (AvgIpc) is 2.78. The van der Waals surface area contributed by atoms with Crippen molar-refractivity contribution in [2.75, 3.05) is 0 Å². The van der Waals surface area contributed by atoms with Crippen molar-refractivity contribution in [1.82, 2.24) is 0 Å². The van der Waals surface area contributed by atoms with Gasteiger partial charge in [0.2, 0.25) is 0 Å². The van der Waals surface area contributed by atoms with Gasteiger partial charge in [0, 0.05) is 27.8 Å². The second-order valence-corrected chi connectivity index (χ2v) is 7.65. The van der Waals surface area contributed by atoms with Crippen LogP contribution in [0.1, 0.15) is 22.6 Å². The van der Waals surface area contributed by atoms with Gasteiger partial charge in [0.05, 0.1) is 0 Å². The van der Waals surface area contributed by atoms with Crippen LogP contribution in [0.15, 0.2) is 91.0 Å². The van der Waals surface area contributed by atoms with E-state index in [0.29, 0.717) is 0 Å². The molecule has 5 aromatic carbocycles. The van der Waals surface area contributed by atoms with Crippen LogP contribution in [0, 0.1) is 0 Å². The second-order valence-electron chi connectivity index (χ2n) is 7.65. The van der Waals surface area contributed by atoms with Crippen LogP contribution in [0.5, 0.6) is 23.0 Å². The molecular weight excluding hydrogens is 372 g/mol. The average molecular weight is 390 g/mol. The van der Waals surface area contributed by atoms with Crippen molar-refractivity contribution < 1.29 is 14.9 Å². The van der Waals surface area contributed by atoms with E-state index in [4.69, 9.17) is 4.74 Å². The van der Waals surface area contributed by atoms with Gasteiger partial charge in [-0.1, -0.05) is 54.6 Å². The second kappa shape index (κ2) is 6.26. The summed E-state index contributed by atoms with van der Waals surface area (Å²) < 4.78 is 6.36. The van der Waals surface area contributed by atoms with E-state index in [1.54, 1.807) is 12.1 Å². The summed E-state index contributed by atoms with van der Waals surface area (Å²) in [6.07, 6.45) is 0. The maximum absolute atomic E-state index is 10.5. The maximum atomic E-state index is 10.5. The first-order valence-electron chi connectivity index (χ1n) is 9.94. The molecule has 0 radical (unpaired) electrons. The normalized spacial score (nSPS) is 13.1. The quantitative estimate of drug-likeness (QED) is 0.329. The highest BCUT2D eigenvalue weighted by Gasteiger charge is 2.32. The smallest absolute Gasteiger partial charge is 0.132 e. The Morgan fingerprint density at radius 3 is 1.57 bits per heavy atom. The fourth-order valence-electron chi connectivity index (χ4n) is 4.70. The molecule has 1 aliphatic rings. The van der Waals surface area contributed by atoms with Crippen molar-refractivity contribution >= 4 is 21.5 Å². The Bertz CT molecular complexity index is 1350. The first-order chi connectivity index (χ1) is 14.7. The summed E-state index contributed by atoms with van der Waals surface area (Å²) in [7, 11) is 0. The molecule has 0 atom stereocenters. The Balaban J connectivity index is 1.77. The molecule has 0 bridgehead atoms. The van der Waals surface area contributed by atoms with Crippen molar-refractivity contribution in [3.8, 4) is 23.0 Å². The molecule has 0 aliphatic carbocycles. The molecule has 144 valence electrons. The van der Waals surface area contributed by atoms with E-state index in [0.717, 1.165) is 49.7 Å². The summed E-state index contributed by atoms with van der Waals surface area (Å²) in [5, 5.41) is 24.4. The summed E-state index contributed by atoms with van der Waals surface area (Å²) >= 11 is 0. The molecular formula is C27H18O3. The van der Waals surface area contributed by atoms with E-state index in [1.807, 2.05) is 66.7 Å². The number of ether oxygens (including phenoxy) is 1. The molecule has 0 unspecified atom stereocenters. The Morgan fingerprint density at radius 2 is 1.03 bits per heavy atom. The van der Waals surface area contributed by atoms with E-state index in [9.17, 15) is 10.2 Å². The zero-order valence-corrected chi connectivity index (χ0v) is 16.0. The third-order valence-corrected chi connectivity index (χ3v) is 6.01. The number of phenolic OH excluding ortho intramolecular Hbond substituents is 2. The number of phenols is 2. The van der Waals surface area contributed by atoms with Crippen molar-refractivity contribution in [3.63, 3.8) is 0 Å². The maximum Gasteiger partial charge on any atom is 0.132 e. The number of aromatic hydroxyl groups is 2. The number of benzene rings is 5. The number of hydrogen-bond donors (Lipinski definition) is 2. The molecule has 0 saturated carbocycles. The van der Waals surface area contributed by atoms with Gasteiger partial charge < -0.3 is 14.9 Å². The SMILES string of the molecule is Oc1cccc2c3c(ccc12)Oc1ccc2c(O)cccc2c1C3c1ccccc1. The Labute approximate surface area is 173 Å². The van der Waals surface area contributed by atoms with Crippen LogP contribution in [0.2, 0.25) is 0 Å². The third kappa shape index (κ3) is 2.32. The molecule has 6 rings (SSSR count). The van der Waals surface area contributed by atoms with Gasteiger partial charge in [-0.05, 0) is 52.7 Å². The van der Waals surface area contributed by atoms with Crippen LogP contribution in [0.3, 0.4) is 0 Å². The van der Waals surface area contributed by atoms with Crippen LogP contribution in [0.4, 0.5) is 0 Å². The molecule has 0 amide bonds. The lowest BCUT2D eigenvalue weighted by Gasteiger charge is -2.31. The van der Waals surface area contributed by atoms with Gasteiger partial charge in [0.1, 0.15) is 23.0 Å². The van der Waals surface area contributed by atoms with E-state index in [-0.39, 0.29) is 17.4 Å². The monoisotopic (exact) mass is 390 g/mol. The van der Waals surface area contributed by atoms with Crippen LogP contribution < -0.4 is 4.74 Å². The predicted molar refractivity (Wildman–Crippen MR) is 119 cm³/mol. The van der Waals surface area contributed by atoms with E-state index < -0.39 is 0 Å². The molecule has 3 nitrogen and oxygen atoms in total. The molecule has 0 fully saturated rings. The van der Waals surface area contributed by atoms with Crippen LogP contribution in [-0.4, -0.2) is 10.2 Å². The van der Waals surface area contributed by atoms with Gasteiger partial charge in [-0.3, -0.25) is 0 Å². The fraction of sp³-hybridized carbons (Fsp3) is 0.0370. The zero-order chi connectivity index (χ0) is 20.2. The predicted octanol–water partition coefficient (Wildman–Crippen LogP) is 6.69. The summed E-state index contributed by atoms with van der Waals surface area (Å²) in [6.45, 7) is 0. The third-order valence-electron chi connectivity index (χ3n) is 6.01. The van der Waals surface area contributed by atoms with Crippen molar-refractivity contribution in [2.24, 2.45) is 0 Å². The van der Waals surface area contributed by atoms with Gasteiger partial charge in [0.15, 0.2) is 0 Å². The van der Waals surface area contributed by atoms with E-state index >= 15 is 0 Å². The van der Waals surface area contributed by atoms with Crippen molar-refractivity contribution in [1.29, 1.82) is 0 Å². The van der Waals surface area contributed by atoms with Crippen LogP contribution in [0.25, 0.3) is 21.5 Å². The highest BCUT2D eigenvalue weighted by atomic mass is 16.5. The highest BCUT2D eigenvalue weighted by molar-refractivity contribution is 5.98. The molecule has 1 heterocycles. The lowest BCUT2D eigenvalue weighted by Crippen LogP contribution is -2.13. The minimum Gasteiger partial charge on any atom is -0.507 e. The lowest BCUT2D eigenvalue weighted by molar-refractivity contribution is 0.455. The first-order valence-corrected chi connectivity index (χ1v) is 9.94. The standard InChI is InChI=1S/C27H18O3/c28-21-10-4-8-19-17(21)12-14-23-26(19)25(16-6-2-1-3-7-16)27-20-9-5-11-22(29)18(20)13-15-24(27)30-23/h1-15,25,28-29H. The number of rotatable bonds is 1. The minimum absolute atomic E-state index is 0.0963. The van der Waals surface area contributed by atoms with Crippen molar-refractivity contribution in [3.05, 3.63) is 108 Å². The Kier molecular flexibility index (Phi) is 3.53. The van der Waals surface area contributed by atoms with Crippen LogP contribution in [-0.2, 0) is 0 Å². The molecule has 2 N–H and O–H groups in total. The molecule has 0 spiro atoms. The molecule has 5 aromatic rings. The summed E-state index contributed by atoms with van der Waals surface area (Å²) in [6, 6.07) is 29.2. The molecule has 0 saturated heterocycles. The van der Waals surface area contributed by atoms with E-state index in [1.165, 1.54) is 0 Å². The largest absolute Gasteiger partial charge is 0.507 e. The van der Waals surface area contributed by atoms with Gasteiger partial charge in [-0.25, -0.2) is 0 Å². The first kappa shape index (κ1) is 16.9. The summed E-state index contributed by atoms with van der Waals surface area (Å²) in [4.78, 5) is 0.